The van der Waals surface area contributed by atoms with Crippen LogP contribution in [-0.2, 0) is 24.4 Å². The molecule has 4 nitrogen and oxygen atoms in total. The number of nitrogens with zero attached hydrogens (tertiary/aromatic N) is 2. The zero-order valence-corrected chi connectivity index (χ0v) is 12.4. The third-order valence-electron chi connectivity index (χ3n) is 2.99. The van der Waals surface area contributed by atoms with Crippen molar-refractivity contribution in [1.29, 1.82) is 0 Å². The van der Waals surface area contributed by atoms with Gasteiger partial charge < -0.3 is 5.32 Å². The molecule has 0 saturated heterocycles. The first-order valence-corrected chi connectivity index (χ1v) is 6.80. The third kappa shape index (κ3) is 3.79. The largest absolute Gasteiger partial charge is 0.437 e. The lowest BCUT2D eigenvalue weighted by molar-refractivity contribution is -0.140. The maximum absolute atomic E-state index is 12.9. The lowest BCUT2D eigenvalue weighted by atomic mass is 10.1. The van der Waals surface area contributed by atoms with Crippen LogP contribution in [0, 0.1) is 0 Å². The van der Waals surface area contributed by atoms with Crippen molar-refractivity contribution in [2.75, 3.05) is 5.32 Å². The van der Waals surface area contributed by atoms with Gasteiger partial charge >= 0.3 is 6.18 Å². The van der Waals surface area contributed by atoms with E-state index in [2.05, 4.69) is 10.4 Å². The highest BCUT2D eigenvalue weighted by Crippen LogP contribution is 2.37. The summed E-state index contributed by atoms with van der Waals surface area (Å²) in [6, 6.07) is 9.17. The Morgan fingerprint density at radius 2 is 1.95 bits per heavy atom. The molecule has 1 aromatic heterocycles. The number of hydrogen-bond donors (Lipinski definition) is 1. The molecule has 22 heavy (non-hydrogen) atoms. The van der Waals surface area contributed by atoms with Crippen LogP contribution >= 0.6 is 11.6 Å². The van der Waals surface area contributed by atoms with E-state index in [0.29, 0.717) is 6.42 Å². The minimum Gasteiger partial charge on any atom is -0.322 e. The summed E-state index contributed by atoms with van der Waals surface area (Å²) >= 11 is 5.77. The van der Waals surface area contributed by atoms with Crippen molar-refractivity contribution < 1.29 is 18.0 Å². The lowest BCUT2D eigenvalue weighted by Crippen LogP contribution is -2.16. The van der Waals surface area contributed by atoms with Crippen LogP contribution in [0.4, 0.5) is 18.9 Å². The minimum absolute atomic E-state index is 0.0481. The summed E-state index contributed by atoms with van der Waals surface area (Å²) in [6.07, 6.45) is -4.22. The first kappa shape index (κ1) is 16.4. The predicted molar refractivity (Wildman–Crippen MR) is 76.6 cm³/mol. The molecule has 2 rings (SSSR count). The molecule has 118 valence electrons. The summed E-state index contributed by atoms with van der Waals surface area (Å²) < 4.78 is 39.4. The summed E-state index contributed by atoms with van der Waals surface area (Å²) in [5.41, 5.74) is -0.784. The Hall–Kier alpha value is -2.02. The minimum atomic E-state index is -4.69. The van der Waals surface area contributed by atoms with Gasteiger partial charge in [0.2, 0.25) is 5.91 Å². The Morgan fingerprint density at radius 3 is 2.55 bits per heavy atom. The average Bonchev–Trinajstić information content (AvgIpc) is 2.74. The molecule has 0 bridgehead atoms. The van der Waals surface area contributed by atoms with E-state index >= 15 is 0 Å². The summed E-state index contributed by atoms with van der Waals surface area (Å²) in [7, 11) is 1.27. The number of amides is 1. The van der Waals surface area contributed by atoms with Gasteiger partial charge in [-0.3, -0.25) is 9.48 Å². The van der Waals surface area contributed by atoms with Crippen molar-refractivity contribution in [3.05, 3.63) is 46.7 Å². The van der Waals surface area contributed by atoms with Gasteiger partial charge in [-0.1, -0.05) is 41.9 Å². The van der Waals surface area contributed by atoms with Crippen LogP contribution < -0.4 is 5.32 Å². The zero-order chi connectivity index (χ0) is 16.3. The van der Waals surface area contributed by atoms with Gasteiger partial charge in [-0.05, 0) is 12.0 Å². The van der Waals surface area contributed by atoms with Gasteiger partial charge in [0.25, 0.3) is 0 Å². The van der Waals surface area contributed by atoms with Crippen LogP contribution in [0.5, 0.6) is 0 Å². The Balaban J connectivity index is 2.09. The molecule has 1 heterocycles. The number of aryl methyl sites for hydroxylation is 2. The Labute approximate surface area is 129 Å². The molecule has 0 unspecified atom stereocenters. The first-order valence-electron chi connectivity index (χ1n) is 6.42. The first-order chi connectivity index (χ1) is 10.3. The molecule has 1 N–H and O–H groups in total. The van der Waals surface area contributed by atoms with E-state index in [0.717, 1.165) is 10.2 Å². The molecular formula is C14H13ClF3N3O. The molecule has 1 amide bonds. The van der Waals surface area contributed by atoms with Crippen molar-refractivity contribution in [2.24, 2.45) is 7.05 Å². The normalized spacial score (nSPS) is 11.5. The average molecular weight is 332 g/mol. The molecule has 0 aliphatic heterocycles. The summed E-state index contributed by atoms with van der Waals surface area (Å²) in [5, 5.41) is 5.24. The van der Waals surface area contributed by atoms with Gasteiger partial charge in [0.15, 0.2) is 10.8 Å². The molecule has 0 radical (unpaired) electrons. The van der Waals surface area contributed by atoms with Crippen molar-refractivity contribution in [1.82, 2.24) is 9.78 Å². The number of nitrogens with one attached hydrogen (secondary N) is 1. The number of rotatable bonds is 4. The smallest absolute Gasteiger partial charge is 0.322 e. The Kier molecular flexibility index (Phi) is 4.75. The molecule has 2 aromatic rings. The maximum Gasteiger partial charge on any atom is 0.437 e. The molecular weight excluding hydrogens is 319 g/mol. The zero-order valence-electron chi connectivity index (χ0n) is 11.6. The van der Waals surface area contributed by atoms with E-state index in [1.54, 1.807) is 0 Å². The fraction of sp³-hybridized carbons (Fsp3) is 0.286. The molecule has 0 fully saturated rings. The molecule has 0 saturated carbocycles. The second kappa shape index (κ2) is 6.39. The van der Waals surface area contributed by atoms with Gasteiger partial charge in [-0.2, -0.15) is 18.3 Å². The second-order valence-electron chi connectivity index (χ2n) is 4.67. The standard InChI is InChI=1S/C14H13ClF3N3O/c1-21-13(15)11(12(20-21)14(16,17)18)19-10(22)8-7-9-5-3-2-4-6-9/h2-6H,7-8H2,1H3,(H,19,22). The number of anilines is 1. The van der Waals surface area contributed by atoms with Crippen LogP contribution in [0.3, 0.4) is 0 Å². The number of carbonyl (C=O) groups is 1. The van der Waals surface area contributed by atoms with Crippen LogP contribution in [0.2, 0.25) is 5.15 Å². The van der Waals surface area contributed by atoms with Crippen LogP contribution in [0.15, 0.2) is 30.3 Å². The van der Waals surface area contributed by atoms with Crippen molar-refractivity contribution >= 4 is 23.2 Å². The van der Waals surface area contributed by atoms with Gasteiger partial charge in [-0.25, -0.2) is 0 Å². The molecule has 8 heteroatoms. The van der Waals surface area contributed by atoms with Gasteiger partial charge in [0, 0.05) is 13.5 Å². The summed E-state index contributed by atoms with van der Waals surface area (Å²) in [6.45, 7) is 0. The molecule has 1 aromatic carbocycles. The molecule has 0 atom stereocenters. The number of halogens is 4. The van der Waals surface area contributed by atoms with E-state index < -0.39 is 23.5 Å². The summed E-state index contributed by atoms with van der Waals surface area (Å²) in [4.78, 5) is 11.9. The lowest BCUT2D eigenvalue weighted by Gasteiger charge is -2.08. The monoisotopic (exact) mass is 331 g/mol. The predicted octanol–water partition coefficient (Wildman–Crippen LogP) is 3.66. The highest BCUT2D eigenvalue weighted by Gasteiger charge is 2.39. The van der Waals surface area contributed by atoms with Crippen molar-refractivity contribution in [2.45, 2.75) is 19.0 Å². The molecule has 0 aliphatic carbocycles. The van der Waals surface area contributed by atoms with Crippen LogP contribution in [0.1, 0.15) is 17.7 Å². The van der Waals surface area contributed by atoms with Gasteiger partial charge in [-0.15, -0.1) is 0 Å². The van der Waals surface area contributed by atoms with Crippen molar-refractivity contribution in [3.8, 4) is 0 Å². The van der Waals surface area contributed by atoms with E-state index in [9.17, 15) is 18.0 Å². The van der Waals surface area contributed by atoms with Crippen molar-refractivity contribution in [3.63, 3.8) is 0 Å². The number of hydrogen-bond acceptors (Lipinski definition) is 2. The van der Waals surface area contributed by atoms with E-state index in [4.69, 9.17) is 11.6 Å². The Morgan fingerprint density at radius 1 is 1.32 bits per heavy atom. The quantitative estimate of drug-likeness (QED) is 0.929. The van der Waals surface area contributed by atoms with E-state index in [1.165, 1.54) is 7.05 Å². The van der Waals surface area contributed by atoms with Crippen LogP contribution in [0.25, 0.3) is 0 Å². The van der Waals surface area contributed by atoms with Gasteiger partial charge in [0.05, 0.1) is 0 Å². The molecule has 0 spiro atoms. The third-order valence-corrected chi connectivity index (χ3v) is 3.43. The fourth-order valence-electron chi connectivity index (χ4n) is 1.92. The molecule has 0 aliphatic rings. The number of alkyl halides is 3. The number of carbonyl (C=O) groups excluding carboxylic acids is 1. The number of benzene rings is 1. The topological polar surface area (TPSA) is 46.9 Å². The van der Waals surface area contributed by atoms with Gasteiger partial charge in [0.1, 0.15) is 5.69 Å². The Bertz CT molecular complexity index is 668. The maximum atomic E-state index is 12.9. The second-order valence-corrected chi connectivity index (χ2v) is 5.03. The number of aromatic nitrogens is 2. The fourth-order valence-corrected chi connectivity index (χ4v) is 2.09. The van der Waals surface area contributed by atoms with E-state index in [-0.39, 0.29) is 11.6 Å². The SMILES string of the molecule is Cn1nc(C(F)(F)F)c(NC(=O)CCc2ccccc2)c1Cl. The highest BCUT2D eigenvalue weighted by molar-refractivity contribution is 6.32. The van der Waals surface area contributed by atoms with Crippen LogP contribution in [-0.4, -0.2) is 15.7 Å². The summed E-state index contributed by atoms with van der Waals surface area (Å²) in [5.74, 6) is -0.552. The van der Waals surface area contributed by atoms with E-state index in [1.807, 2.05) is 30.3 Å². The highest BCUT2D eigenvalue weighted by atomic mass is 35.5.